The van der Waals surface area contributed by atoms with Gasteiger partial charge in [-0.2, -0.15) is 0 Å². The molecule has 2 aliphatic rings. The van der Waals surface area contributed by atoms with Crippen molar-refractivity contribution in [3.05, 3.63) is 240 Å². The van der Waals surface area contributed by atoms with Gasteiger partial charge in [0, 0.05) is 78.2 Å². The lowest BCUT2D eigenvalue weighted by Gasteiger charge is -2.10. The SMILES string of the molecule is C1=CC=CC=c2oc3c(-n4c5ccc(-c6ccc7sc8ccccc8c7c6)cc5c5cc(-c6ccc7c(c6)c6cc(-c8ccc9sc%10ccccc%10c9c8)ccc6n7-c6cccc7c8c(oc67)C=CCC8)ccc54)cccc3c2=1. The molecule has 16 aromatic rings. The first-order chi connectivity index (χ1) is 39.1. The Hall–Kier alpha value is -9.68. The summed E-state index contributed by atoms with van der Waals surface area (Å²) in [4.78, 5) is 0. The second-order valence-corrected chi connectivity index (χ2v) is 23.3. The van der Waals surface area contributed by atoms with Gasteiger partial charge in [-0.05, 0) is 168 Å². The smallest absolute Gasteiger partial charge is 0.160 e. The Morgan fingerprint density at radius 1 is 0.392 bits per heavy atom. The topological polar surface area (TPSA) is 36.1 Å². The molecular weight excluding hydrogens is 1000 g/mol. The van der Waals surface area contributed by atoms with Gasteiger partial charge in [0.2, 0.25) is 0 Å². The summed E-state index contributed by atoms with van der Waals surface area (Å²) in [5, 5.41) is 13.1. The molecule has 0 atom stereocenters. The number of para-hydroxylation sites is 2. The highest BCUT2D eigenvalue weighted by Gasteiger charge is 2.23. The quantitative estimate of drug-likeness (QED) is 0.172. The first kappa shape index (κ1) is 43.4. The van der Waals surface area contributed by atoms with Gasteiger partial charge in [0.15, 0.2) is 11.2 Å². The standard InChI is InChI=1S/C73H42N2O2S2/c1-2-12-48-52-16-10-18-64(72(52)76-66(48)20-3-1)74-60-30-24-42(36-54(60)56-38-44(26-32-62(56)74)46-28-34-70-58(40-46)50-14-5-8-22-68(50)78-70)43-25-31-61-55(37-43)57-39-45(47-29-35-71-59(41-47)51-15-6-9-23-69(51)79-71)27-33-63(57)75(61)65-19-11-17-53-49-13-4-7-21-67(49)77-73(53)65/h1-3,5-11,14-41H,4,13H2. The highest BCUT2D eigenvalue weighted by molar-refractivity contribution is 7.26. The number of hydrogen-bond acceptors (Lipinski definition) is 4. The fourth-order valence-corrected chi connectivity index (χ4v) is 15.3. The van der Waals surface area contributed by atoms with Crippen molar-refractivity contribution < 1.29 is 8.83 Å². The number of aryl methyl sites for hydroxylation is 1. The zero-order chi connectivity index (χ0) is 51.4. The van der Waals surface area contributed by atoms with E-state index >= 15 is 0 Å². The summed E-state index contributed by atoms with van der Waals surface area (Å²) < 4.78 is 23.6. The van der Waals surface area contributed by atoms with E-state index in [1.165, 1.54) is 95.1 Å². The first-order valence-corrected chi connectivity index (χ1v) is 28.6. The summed E-state index contributed by atoms with van der Waals surface area (Å²) >= 11 is 3.72. The summed E-state index contributed by atoms with van der Waals surface area (Å²) in [5.74, 6) is 0.971. The Morgan fingerprint density at radius 2 is 0.848 bits per heavy atom. The molecule has 0 radical (unpaired) electrons. The van der Waals surface area contributed by atoms with E-state index in [9.17, 15) is 0 Å². The Kier molecular flexibility index (Phi) is 9.03. The van der Waals surface area contributed by atoms with E-state index in [4.69, 9.17) is 8.83 Å². The van der Waals surface area contributed by atoms with E-state index in [2.05, 4.69) is 221 Å². The van der Waals surface area contributed by atoms with Crippen LogP contribution in [0.3, 0.4) is 0 Å². The van der Waals surface area contributed by atoms with Crippen molar-refractivity contribution >= 4 is 146 Å². The van der Waals surface area contributed by atoms with E-state index in [0.717, 1.165) is 90.4 Å². The van der Waals surface area contributed by atoms with E-state index in [0.29, 0.717) is 0 Å². The molecule has 2 aliphatic carbocycles. The van der Waals surface area contributed by atoms with Gasteiger partial charge in [-0.25, -0.2) is 0 Å². The molecule has 6 aromatic heterocycles. The van der Waals surface area contributed by atoms with Crippen LogP contribution in [0.1, 0.15) is 17.7 Å². The lowest BCUT2D eigenvalue weighted by Crippen LogP contribution is -2.17. The van der Waals surface area contributed by atoms with Crippen molar-refractivity contribution in [1.82, 2.24) is 9.13 Å². The normalized spacial score (nSPS) is 13.3. The maximum Gasteiger partial charge on any atom is 0.160 e. The highest BCUT2D eigenvalue weighted by Crippen LogP contribution is 2.45. The molecule has 0 fully saturated rings. The van der Waals surface area contributed by atoms with Gasteiger partial charge >= 0.3 is 0 Å². The molecule has 4 nitrogen and oxygen atoms in total. The second-order valence-electron chi connectivity index (χ2n) is 21.1. The number of furan rings is 2. The van der Waals surface area contributed by atoms with Crippen LogP contribution in [0.15, 0.2) is 227 Å². The minimum atomic E-state index is 0.812. The van der Waals surface area contributed by atoms with Crippen LogP contribution in [-0.4, -0.2) is 9.13 Å². The first-order valence-electron chi connectivity index (χ1n) is 27.0. The third-order valence-corrected chi connectivity index (χ3v) is 19.1. The number of rotatable bonds is 5. The number of allylic oxidation sites excluding steroid dienone is 4. The molecule has 10 aromatic carbocycles. The van der Waals surface area contributed by atoms with Crippen LogP contribution in [0.25, 0.3) is 169 Å². The van der Waals surface area contributed by atoms with Crippen molar-refractivity contribution in [2.45, 2.75) is 12.8 Å². The Bertz CT molecular complexity index is 5620. The summed E-state index contributed by atoms with van der Waals surface area (Å²) in [6, 6.07) is 72.6. The molecule has 79 heavy (non-hydrogen) atoms. The molecule has 0 aliphatic heterocycles. The third-order valence-electron chi connectivity index (χ3n) is 16.8. The predicted octanol–water partition coefficient (Wildman–Crippen LogP) is 19.4. The fourth-order valence-electron chi connectivity index (χ4n) is 13.2. The minimum absolute atomic E-state index is 0.812. The molecule has 18 rings (SSSR count). The Balaban J connectivity index is 0.863. The fraction of sp³-hybridized carbons (Fsp3) is 0.0274. The van der Waals surface area contributed by atoms with E-state index in [-0.39, 0.29) is 0 Å². The van der Waals surface area contributed by atoms with Gasteiger partial charge in [-0.3, -0.25) is 0 Å². The van der Waals surface area contributed by atoms with E-state index in [1.807, 2.05) is 47.0 Å². The number of thiophene rings is 2. The summed E-state index contributed by atoms with van der Waals surface area (Å²) in [6.07, 6.45) is 14.4. The molecule has 6 heterocycles. The van der Waals surface area contributed by atoms with Crippen LogP contribution in [-0.2, 0) is 6.42 Å². The molecular formula is C73H42N2O2S2. The molecule has 0 saturated carbocycles. The van der Waals surface area contributed by atoms with Gasteiger partial charge in [0.1, 0.15) is 11.2 Å². The maximum absolute atomic E-state index is 6.80. The van der Waals surface area contributed by atoms with Crippen molar-refractivity contribution in [3.63, 3.8) is 0 Å². The highest BCUT2D eigenvalue weighted by atomic mass is 32.1. The summed E-state index contributed by atoms with van der Waals surface area (Å²) in [6.45, 7) is 0. The largest absolute Gasteiger partial charge is 0.454 e. The van der Waals surface area contributed by atoms with Gasteiger partial charge in [0.05, 0.1) is 38.7 Å². The number of nitrogens with zero attached hydrogens (tertiary/aromatic N) is 2. The molecule has 0 amide bonds. The average molecular weight is 1040 g/mol. The molecule has 0 saturated heterocycles. The zero-order valence-electron chi connectivity index (χ0n) is 42.4. The minimum Gasteiger partial charge on any atom is -0.454 e. The molecule has 0 unspecified atom stereocenters. The monoisotopic (exact) mass is 1040 g/mol. The number of aromatic nitrogens is 2. The zero-order valence-corrected chi connectivity index (χ0v) is 44.0. The van der Waals surface area contributed by atoms with Crippen LogP contribution < -0.4 is 10.6 Å². The van der Waals surface area contributed by atoms with Gasteiger partial charge < -0.3 is 18.0 Å². The molecule has 0 bridgehead atoms. The van der Waals surface area contributed by atoms with Gasteiger partial charge in [0.25, 0.3) is 0 Å². The van der Waals surface area contributed by atoms with Crippen LogP contribution in [0, 0.1) is 0 Å². The van der Waals surface area contributed by atoms with E-state index < -0.39 is 0 Å². The van der Waals surface area contributed by atoms with E-state index in [1.54, 1.807) is 0 Å². The lowest BCUT2D eigenvalue weighted by molar-refractivity contribution is 0.574. The third kappa shape index (κ3) is 6.36. The average Bonchev–Trinajstić information content (AvgIpc) is 4.50. The van der Waals surface area contributed by atoms with Gasteiger partial charge in [-0.15, -0.1) is 28.4 Å². The number of benzene rings is 10. The van der Waals surface area contributed by atoms with Crippen molar-refractivity contribution in [2.75, 3.05) is 0 Å². The van der Waals surface area contributed by atoms with Crippen LogP contribution in [0.5, 0.6) is 0 Å². The van der Waals surface area contributed by atoms with Crippen LogP contribution in [0.2, 0.25) is 0 Å². The molecule has 368 valence electrons. The number of hydrogen-bond donors (Lipinski definition) is 0. The van der Waals surface area contributed by atoms with Crippen molar-refractivity contribution in [2.24, 2.45) is 0 Å². The van der Waals surface area contributed by atoms with Crippen molar-refractivity contribution in [1.29, 1.82) is 0 Å². The Labute approximate surface area is 459 Å². The number of fused-ring (bicyclic) bond motifs is 18. The van der Waals surface area contributed by atoms with Crippen LogP contribution >= 0.6 is 22.7 Å². The predicted molar refractivity (Wildman–Crippen MR) is 335 cm³/mol. The Morgan fingerprint density at radius 3 is 1.39 bits per heavy atom. The molecule has 0 N–H and O–H groups in total. The molecule has 0 spiro atoms. The van der Waals surface area contributed by atoms with Crippen LogP contribution in [0.4, 0.5) is 0 Å². The maximum atomic E-state index is 6.80. The van der Waals surface area contributed by atoms with Gasteiger partial charge in [-0.1, -0.05) is 109 Å². The van der Waals surface area contributed by atoms with Crippen molar-refractivity contribution in [3.8, 4) is 44.8 Å². The molecule has 6 heteroatoms. The summed E-state index contributed by atoms with van der Waals surface area (Å²) in [7, 11) is 0. The summed E-state index contributed by atoms with van der Waals surface area (Å²) in [5.41, 5.74) is 21.0. The second kappa shape index (κ2) is 16.4. The lowest BCUT2D eigenvalue weighted by atomic mass is 9.98.